The quantitative estimate of drug-likeness (QED) is 0.00560. The maximum atomic E-state index is 17.9. The molecule has 3 aliphatic rings. The standard InChI is InChI=1S/C80H74F2N6O14S2/c1-93-43-45-96-52-99-73-65(81)48-64(69(82)74(73)100-53-97-46-44-94-2)72(78(92)101-71(56-24-9-4-10-25-56)57-26-11-5-12-27-57)102-86-104-51-61(83-79(104)85-80(58-29-13-6-14-30-58,59-31-15-7-16-32-59)60-33-17-8-18-34-60)47-68(90)84-70-75(91)88-76(98-50-54-37-39-62(95-3)40-38-54)63(67(49-89)103-77(70)88)35-22-42-87-41-21-28-55-23-19-20-36-66(55)87/h4-41,48-49,51,67,70-72,77H,42-47,50,52-53H2,1-3H3,(H-,83,84,85,90)/p+1/t67?,70-,72?,77?,104?/m0/s1. The fourth-order valence-electron chi connectivity index (χ4n) is 12.1. The molecule has 24 heteroatoms. The number of pyridine rings is 1. The van der Waals surface area contributed by atoms with E-state index in [-0.39, 0.29) is 49.8 Å². The highest BCUT2D eigenvalue weighted by molar-refractivity contribution is 8.05. The molecule has 0 spiro atoms. The molecule has 0 aliphatic carbocycles. The monoisotopic (exact) mass is 1450 g/mol. The fraction of sp³-hybridized carbons (Fsp3) is 0.225. The molecule has 12 rings (SSSR count). The van der Waals surface area contributed by atoms with E-state index >= 15 is 13.6 Å². The van der Waals surface area contributed by atoms with Gasteiger partial charge in [-0.2, -0.15) is 4.57 Å². The SMILES string of the molecule is COCCOCOc1c(F)cc(C(ON=S2C=C(CC(=O)N[C@H]3C(=O)N4C(OCc5ccc(OC)cc5)=C(C=CC[n+]5cccc6ccccc65)C(C=O)SC34)N=C2NC(c2ccccc2)(c2ccccc2)c2ccccc2)C(=O)OC(c2ccccc2)c2ccccc2)c(F)c1OCOCCOC. The number of hydrogen-bond donors (Lipinski definition) is 2. The number of ether oxygens (including phenoxy) is 9. The highest BCUT2D eigenvalue weighted by Gasteiger charge is 2.56. The third-order valence-corrected chi connectivity index (χ3v) is 19.9. The second-order valence-corrected chi connectivity index (χ2v) is 26.5. The summed E-state index contributed by atoms with van der Waals surface area (Å²) in [6.07, 6.45) is 2.70. The van der Waals surface area contributed by atoms with Gasteiger partial charge >= 0.3 is 5.97 Å². The Morgan fingerprint density at radius 3 is 1.88 bits per heavy atom. The zero-order valence-corrected chi connectivity index (χ0v) is 58.6. The zero-order chi connectivity index (χ0) is 72.2. The summed E-state index contributed by atoms with van der Waals surface area (Å²) in [5.74, 6) is -5.52. The lowest BCUT2D eigenvalue weighted by Gasteiger charge is -2.50. The molecule has 4 unspecified atom stereocenters. The van der Waals surface area contributed by atoms with E-state index < -0.39 is 112 Å². The Balaban J connectivity index is 0.916. The number of esters is 1. The predicted molar refractivity (Wildman–Crippen MR) is 388 cm³/mol. The van der Waals surface area contributed by atoms with Crippen LogP contribution in [0.1, 0.15) is 57.6 Å². The first kappa shape index (κ1) is 73.1. The van der Waals surface area contributed by atoms with Crippen LogP contribution in [0.4, 0.5) is 8.78 Å². The molecule has 9 aromatic rings. The molecule has 0 bridgehead atoms. The Labute approximate surface area is 606 Å². The van der Waals surface area contributed by atoms with Crippen molar-refractivity contribution in [2.75, 3.05) is 61.3 Å². The summed E-state index contributed by atoms with van der Waals surface area (Å²) in [5.41, 5.74) is 3.70. The van der Waals surface area contributed by atoms with E-state index in [2.05, 4.69) is 15.2 Å². The third kappa shape index (κ3) is 17.0. The van der Waals surface area contributed by atoms with Crippen LogP contribution >= 0.6 is 11.8 Å². The van der Waals surface area contributed by atoms with Gasteiger partial charge in [0.2, 0.25) is 34.9 Å². The number of aldehydes is 1. The number of amides is 2. The average molecular weight is 1450 g/mol. The lowest BCUT2D eigenvalue weighted by molar-refractivity contribution is -0.661. The van der Waals surface area contributed by atoms with Crippen molar-refractivity contribution in [3.8, 4) is 17.2 Å². The number of aromatic nitrogens is 1. The van der Waals surface area contributed by atoms with Gasteiger partial charge in [0.05, 0.1) is 50.9 Å². The van der Waals surface area contributed by atoms with Crippen LogP contribution in [0.25, 0.3) is 10.9 Å². The minimum atomic E-state index is -2.21. The van der Waals surface area contributed by atoms with E-state index in [9.17, 15) is 14.4 Å². The Bertz CT molecular complexity index is 4480. The lowest BCUT2D eigenvalue weighted by Crippen LogP contribution is -2.70. The largest absolute Gasteiger partial charge is 0.497 e. The highest BCUT2D eigenvalue weighted by atomic mass is 32.2. The second-order valence-electron chi connectivity index (χ2n) is 23.8. The van der Waals surface area contributed by atoms with E-state index in [1.807, 2.05) is 152 Å². The molecule has 2 N–H and O–H groups in total. The maximum absolute atomic E-state index is 17.9. The number of carbonyl (C=O) groups excluding carboxylic acids is 4. The van der Waals surface area contributed by atoms with Crippen molar-refractivity contribution in [1.82, 2.24) is 15.5 Å². The average Bonchev–Trinajstić information content (AvgIpc) is 0.792. The number of para-hydroxylation sites is 1. The van der Waals surface area contributed by atoms with Crippen LogP contribution < -0.4 is 29.4 Å². The summed E-state index contributed by atoms with van der Waals surface area (Å²) < 4.78 is 92.7. The molecule has 104 heavy (non-hydrogen) atoms. The number of hydrogen-bond acceptors (Lipinski definition) is 18. The zero-order valence-electron chi connectivity index (χ0n) is 57.0. The molecule has 2 amide bonds. The fourth-order valence-corrected chi connectivity index (χ4v) is 14.7. The normalized spacial score (nSPS) is 16.7. The third-order valence-electron chi connectivity index (χ3n) is 17.2. The number of allylic oxidation sites excluding steroid dienone is 2. The van der Waals surface area contributed by atoms with E-state index in [1.54, 1.807) is 91.4 Å². The molecule has 0 saturated carbocycles. The Kier molecular flexibility index (Phi) is 24.9. The van der Waals surface area contributed by atoms with Crippen molar-refractivity contribution in [1.29, 1.82) is 0 Å². The number of β-lactam (4-membered cyclic amide) rings is 1. The number of amidine groups is 1. The van der Waals surface area contributed by atoms with Crippen LogP contribution in [0, 0.1) is 11.6 Å². The van der Waals surface area contributed by atoms with Crippen molar-refractivity contribution in [2.45, 2.75) is 54.0 Å². The molecule has 5 atom stereocenters. The van der Waals surface area contributed by atoms with Crippen molar-refractivity contribution >= 4 is 62.6 Å². The summed E-state index contributed by atoms with van der Waals surface area (Å²) in [7, 11) is 2.73. The van der Waals surface area contributed by atoms with Gasteiger partial charge < -0.3 is 58.1 Å². The molecule has 3 aliphatic heterocycles. The van der Waals surface area contributed by atoms with Crippen LogP contribution in [0.5, 0.6) is 17.2 Å². The topological polar surface area (TPSA) is 216 Å². The van der Waals surface area contributed by atoms with E-state index in [4.69, 9.17) is 57.0 Å². The molecular weight excluding hydrogens is 1370 g/mol. The summed E-state index contributed by atoms with van der Waals surface area (Å²) >= 11 is 1.20. The van der Waals surface area contributed by atoms with Crippen molar-refractivity contribution in [3.63, 3.8) is 0 Å². The van der Waals surface area contributed by atoms with Gasteiger partial charge in [-0.15, -0.1) is 11.8 Å². The van der Waals surface area contributed by atoms with Gasteiger partial charge in [-0.1, -0.05) is 180 Å². The van der Waals surface area contributed by atoms with E-state index in [0.29, 0.717) is 29.0 Å². The Hall–Kier alpha value is -10.7. The smallest absolute Gasteiger partial charge is 0.343 e. The van der Waals surface area contributed by atoms with Crippen LogP contribution in [-0.4, -0.2) is 112 Å². The molecule has 20 nitrogen and oxygen atoms in total. The minimum absolute atomic E-state index is 0.0114. The number of aliphatic imine (C=N–C) groups is 1. The van der Waals surface area contributed by atoms with Crippen LogP contribution in [0.15, 0.2) is 269 Å². The number of fused-ring (bicyclic) bond motifs is 2. The van der Waals surface area contributed by atoms with Crippen molar-refractivity contribution < 1.29 is 80.0 Å². The predicted octanol–water partition coefficient (Wildman–Crippen LogP) is 12.4. The second kappa shape index (κ2) is 35.5. The number of carbonyl (C=O) groups is 4. The van der Waals surface area contributed by atoms with Gasteiger partial charge in [-0.05, 0) is 75.9 Å². The lowest BCUT2D eigenvalue weighted by atomic mass is 9.77. The first-order chi connectivity index (χ1) is 51.0. The van der Waals surface area contributed by atoms with Gasteiger partial charge in [-0.25, -0.2) is 23.4 Å². The Morgan fingerprint density at radius 1 is 0.712 bits per heavy atom. The molecule has 4 heterocycles. The summed E-state index contributed by atoms with van der Waals surface area (Å²) in [6.45, 7) is -0.343. The van der Waals surface area contributed by atoms with Crippen LogP contribution in [-0.2, 0) is 81.8 Å². The molecule has 0 radical (unpaired) electrons. The summed E-state index contributed by atoms with van der Waals surface area (Å²) in [6, 6.07) is 65.2. The number of methoxy groups -OCH3 is 3. The van der Waals surface area contributed by atoms with Gasteiger partial charge in [0.15, 0.2) is 49.2 Å². The molecule has 1 saturated heterocycles. The van der Waals surface area contributed by atoms with Gasteiger partial charge in [-0.3, -0.25) is 14.5 Å². The van der Waals surface area contributed by atoms with E-state index in [0.717, 1.165) is 45.5 Å². The van der Waals surface area contributed by atoms with Crippen molar-refractivity contribution in [2.24, 2.45) is 9.52 Å². The van der Waals surface area contributed by atoms with Gasteiger partial charge in [0.25, 0.3) is 5.91 Å². The maximum Gasteiger partial charge on any atom is 0.343 e. The number of nitrogens with zero attached hydrogens (tertiary/aromatic N) is 4. The minimum Gasteiger partial charge on any atom is -0.497 e. The first-order valence-electron chi connectivity index (χ1n) is 33.3. The number of thioether (sulfide) groups is 1. The number of rotatable bonds is 34. The number of halogens is 2. The Morgan fingerprint density at radius 2 is 1.29 bits per heavy atom. The molecule has 8 aromatic carbocycles. The summed E-state index contributed by atoms with van der Waals surface area (Å²) in [5, 5.41) is 7.77. The van der Waals surface area contributed by atoms with Crippen molar-refractivity contribution in [3.05, 3.63) is 310 Å². The van der Waals surface area contributed by atoms with Crippen LogP contribution in [0.2, 0.25) is 0 Å². The number of nitrogens with one attached hydrogen (secondary N) is 2. The van der Waals surface area contributed by atoms with Gasteiger partial charge in [0, 0.05) is 59.0 Å². The summed E-state index contributed by atoms with van der Waals surface area (Å²) in [4.78, 5) is 71.3. The molecule has 1 aromatic heterocycles. The first-order valence-corrected chi connectivity index (χ1v) is 35.5. The molecular formula is C80H75F2N6O14S2+. The van der Waals surface area contributed by atoms with E-state index in [1.165, 1.54) is 30.9 Å². The van der Waals surface area contributed by atoms with Crippen LogP contribution in [0.3, 0.4) is 0 Å². The molecule has 534 valence electrons. The molecule has 1 fully saturated rings. The highest BCUT2D eigenvalue weighted by Crippen LogP contribution is 2.46. The van der Waals surface area contributed by atoms with Gasteiger partial charge in [0.1, 0.15) is 35.6 Å². The number of benzene rings is 8.